The van der Waals surface area contributed by atoms with Gasteiger partial charge in [-0.15, -0.1) is 11.3 Å². The molecule has 0 spiro atoms. The summed E-state index contributed by atoms with van der Waals surface area (Å²) in [7, 11) is 0. The summed E-state index contributed by atoms with van der Waals surface area (Å²) in [5.41, 5.74) is 2.41. The van der Waals surface area contributed by atoms with Crippen molar-refractivity contribution in [2.75, 3.05) is 5.32 Å². The van der Waals surface area contributed by atoms with Gasteiger partial charge in [-0.2, -0.15) is 0 Å². The third-order valence-corrected chi connectivity index (χ3v) is 4.28. The normalized spacial score (nSPS) is 12.6. The molecule has 5 heteroatoms. The number of nitrogens with one attached hydrogen (secondary N) is 1. The lowest BCUT2D eigenvalue weighted by atomic mass is 10.1. The van der Waals surface area contributed by atoms with Crippen molar-refractivity contribution in [1.29, 1.82) is 0 Å². The van der Waals surface area contributed by atoms with Crippen LogP contribution in [0.4, 0.5) is 5.82 Å². The van der Waals surface area contributed by atoms with Crippen LogP contribution in [0.2, 0.25) is 0 Å². The zero-order valence-electron chi connectivity index (χ0n) is 11.7. The van der Waals surface area contributed by atoms with Crippen molar-refractivity contribution >= 4 is 27.4 Å². The van der Waals surface area contributed by atoms with Crippen LogP contribution >= 0.6 is 11.3 Å². The van der Waals surface area contributed by atoms with E-state index in [2.05, 4.69) is 39.5 Å². The highest BCUT2D eigenvalue weighted by atomic mass is 32.1. The van der Waals surface area contributed by atoms with Gasteiger partial charge in [0.15, 0.2) is 0 Å². The van der Waals surface area contributed by atoms with Crippen molar-refractivity contribution in [3.05, 3.63) is 46.9 Å². The predicted molar refractivity (Wildman–Crippen MR) is 83.2 cm³/mol. The summed E-state index contributed by atoms with van der Waals surface area (Å²) in [6.07, 6.45) is 3.62. The Morgan fingerprint density at radius 2 is 1.90 bits per heavy atom. The van der Waals surface area contributed by atoms with Crippen molar-refractivity contribution < 1.29 is 0 Å². The molecule has 0 aromatic carbocycles. The lowest BCUT2D eigenvalue weighted by molar-refractivity contribution is 0.869. The van der Waals surface area contributed by atoms with Crippen molar-refractivity contribution in [2.24, 2.45) is 0 Å². The van der Waals surface area contributed by atoms with Gasteiger partial charge < -0.3 is 5.32 Å². The first-order chi connectivity index (χ1) is 9.65. The molecule has 3 aromatic rings. The maximum Gasteiger partial charge on any atom is 0.139 e. The molecule has 3 heterocycles. The lowest BCUT2D eigenvalue weighted by Crippen LogP contribution is -2.09. The Hall–Kier alpha value is -2.01. The highest BCUT2D eigenvalue weighted by molar-refractivity contribution is 7.17. The molecule has 0 radical (unpaired) electrons. The smallest absolute Gasteiger partial charge is 0.139 e. The Morgan fingerprint density at radius 3 is 2.65 bits per heavy atom. The second kappa shape index (κ2) is 5.17. The number of pyridine rings is 1. The fourth-order valence-electron chi connectivity index (χ4n) is 2.24. The third-order valence-electron chi connectivity index (χ3n) is 3.29. The predicted octanol–water partition coefficient (Wildman–Crippen LogP) is 3.88. The second-order valence-corrected chi connectivity index (χ2v) is 5.72. The van der Waals surface area contributed by atoms with Crippen molar-refractivity contribution in [3.63, 3.8) is 0 Å². The molecule has 0 aliphatic rings. The molecule has 4 nitrogen and oxygen atoms in total. The number of thiophene rings is 1. The van der Waals surface area contributed by atoms with Crippen LogP contribution < -0.4 is 5.32 Å². The van der Waals surface area contributed by atoms with E-state index in [-0.39, 0.29) is 6.04 Å². The van der Waals surface area contributed by atoms with Crippen LogP contribution in [-0.4, -0.2) is 15.0 Å². The van der Waals surface area contributed by atoms with Gasteiger partial charge in [0.05, 0.1) is 11.4 Å². The molecule has 0 saturated carbocycles. The minimum Gasteiger partial charge on any atom is -0.363 e. The average molecular weight is 284 g/mol. The molecule has 0 amide bonds. The van der Waals surface area contributed by atoms with Gasteiger partial charge in [-0.05, 0) is 49.4 Å². The van der Waals surface area contributed by atoms with Gasteiger partial charge in [-0.25, -0.2) is 9.97 Å². The Morgan fingerprint density at radius 1 is 1.15 bits per heavy atom. The summed E-state index contributed by atoms with van der Waals surface area (Å²) in [6, 6.07) is 4.21. The van der Waals surface area contributed by atoms with E-state index in [0.29, 0.717) is 0 Å². The number of anilines is 1. The van der Waals surface area contributed by atoms with Crippen LogP contribution in [0.3, 0.4) is 0 Å². The molecule has 1 unspecified atom stereocenters. The van der Waals surface area contributed by atoms with Crippen LogP contribution in [0.5, 0.6) is 0 Å². The number of fused-ring (bicyclic) bond motifs is 1. The monoisotopic (exact) mass is 284 g/mol. The number of nitrogens with zero attached hydrogens (tertiary/aromatic N) is 3. The number of hydrogen-bond donors (Lipinski definition) is 1. The SMILES string of the molecule is Cc1nc(NC(C)c2ccncc2)c2c(C)csc2n1. The lowest BCUT2D eigenvalue weighted by Gasteiger charge is -2.16. The van der Waals surface area contributed by atoms with Gasteiger partial charge in [0.2, 0.25) is 0 Å². The van der Waals surface area contributed by atoms with Gasteiger partial charge >= 0.3 is 0 Å². The van der Waals surface area contributed by atoms with E-state index < -0.39 is 0 Å². The summed E-state index contributed by atoms with van der Waals surface area (Å²) >= 11 is 1.66. The van der Waals surface area contributed by atoms with Crippen LogP contribution in [0.1, 0.15) is 29.9 Å². The molecule has 3 rings (SSSR count). The largest absolute Gasteiger partial charge is 0.363 e. The number of aryl methyl sites for hydroxylation is 2. The topological polar surface area (TPSA) is 50.7 Å². The van der Waals surface area contributed by atoms with E-state index in [0.717, 1.165) is 21.9 Å². The standard InChI is InChI=1S/C15H16N4S/c1-9-8-20-15-13(9)14(18-11(3)19-15)17-10(2)12-4-6-16-7-5-12/h4-8,10H,1-3H3,(H,17,18,19). The Kier molecular flexibility index (Phi) is 3.36. The van der Waals surface area contributed by atoms with E-state index in [1.54, 1.807) is 11.3 Å². The van der Waals surface area contributed by atoms with Crippen molar-refractivity contribution in [3.8, 4) is 0 Å². The van der Waals surface area contributed by atoms with Crippen molar-refractivity contribution in [1.82, 2.24) is 15.0 Å². The van der Waals surface area contributed by atoms with E-state index in [1.165, 1.54) is 11.1 Å². The highest BCUT2D eigenvalue weighted by Gasteiger charge is 2.13. The van der Waals surface area contributed by atoms with E-state index in [1.807, 2.05) is 31.5 Å². The number of hydrogen-bond acceptors (Lipinski definition) is 5. The highest BCUT2D eigenvalue weighted by Crippen LogP contribution is 2.31. The minimum atomic E-state index is 0.176. The van der Waals surface area contributed by atoms with Crippen LogP contribution in [0.15, 0.2) is 29.9 Å². The molecule has 102 valence electrons. The van der Waals surface area contributed by atoms with Gasteiger partial charge in [-0.1, -0.05) is 0 Å². The Labute approximate surface area is 121 Å². The van der Waals surface area contributed by atoms with Gasteiger partial charge in [0, 0.05) is 12.4 Å². The molecule has 0 bridgehead atoms. The zero-order valence-corrected chi connectivity index (χ0v) is 12.5. The fourth-order valence-corrected chi connectivity index (χ4v) is 3.20. The van der Waals surface area contributed by atoms with E-state index in [9.17, 15) is 0 Å². The summed E-state index contributed by atoms with van der Waals surface area (Å²) < 4.78 is 0. The quantitative estimate of drug-likeness (QED) is 0.793. The summed E-state index contributed by atoms with van der Waals surface area (Å²) in [4.78, 5) is 14.2. The molecule has 0 fully saturated rings. The minimum absolute atomic E-state index is 0.176. The molecule has 1 N–H and O–H groups in total. The molecule has 1 atom stereocenters. The first-order valence-electron chi connectivity index (χ1n) is 6.54. The van der Waals surface area contributed by atoms with Crippen LogP contribution in [0, 0.1) is 13.8 Å². The molecule has 0 saturated heterocycles. The van der Waals surface area contributed by atoms with E-state index in [4.69, 9.17) is 0 Å². The Bertz CT molecular complexity index is 736. The average Bonchev–Trinajstić information content (AvgIpc) is 2.81. The zero-order chi connectivity index (χ0) is 14.1. The number of aromatic nitrogens is 3. The van der Waals surface area contributed by atoms with Gasteiger partial charge in [0.25, 0.3) is 0 Å². The summed E-state index contributed by atoms with van der Waals surface area (Å²) in [5.74, 6) is 1.71. The molecule has 20 heavy (non-hydrogen) atoms. The molecule has 0 aliphatic heterocycles. The third kappa shape index (κ3) is 2.36. The first kappa shape index (κ1) is 13.0. The maximum atomic E-state index is 4.57. The molecule has 3 aromatic heterocycles. The first-order valence-corrected chi connectivity index (χ1v) is 7.42. The fraction of sp³-hybridized carbons (Fsp3) is 0.267. The summed E-state index contributed by atoms with van der Waals surface area (Å²) in [5, 5.41) is 6.75. The maximum absolute atomic E-state index is 4.57. The number of rotatable bonds is 3. The molecular formula is C15H16N4S. The molecule has 0 aliphatic carbocycles. The van der Waals surface area contributed by atoms with E-state index >= 15 is 0 Å². The van der Waals surface area contributed by atoms with Gasteiger partial charge in [0.1, 0.15) is 16.5 Å². The van der Waals surface area contributed by atoms with Crippen molar-refractivity contribution in [2.45, 2.75) is 26.8 Å². The van der Waals surface area contributed by atoms with Crippen LogP contribution in [0.25, 0.3) is 10.2 Å². The van der Waals surface area contributed by atoms with Gasteiger partial charge in [-0.3, -0.25) is 4.98 Å². The second-order valence-electron chi connectivity index (χ2n) is 4.86. The Balaban J connectivity index is 2.00. The molecular weight excluding hydrogens is 268 g/mol. The summed E-state index contributed by atoms with van der Waals surface area (Å²) in [6.45, 7) is 6.15. The van der Waals surface area contributed by atoms with Crippen LogP contribution in [-0.2, 0) is 0 Å².